The summed E-state index contributed by atoms with van der Waals surface area (Å²) in [6.07, 6.45) is 6.32. The third kappa shape index (κ3) is 2.26. The monoisotopic (exact) mass is 301 g/mol. The van der Waals surface area contributed by atoms with E-state index in [1.54, 1.807) is 10.8 Å². The average molecular weight is 301 g/mol. The predicted molar refractivity (Wildman–Crippen MR) is 84.2 cm³/mol. The van der Waals surface area contributed by atoms with Crippen LogP contribution < -0.4 is 4.90 Å². The summed E-state index contributed by atoms with van der Waals surface area (Å²) in [6, 6.07) is 2.18. The van der Waals surface area contributed by atoms with Crippen molar-refractivity contribution in [3.05, 3.63) is 18.1 Å². The highest BCUT2D eigenvalue weighted by molar-refractivity contribution is 5.68. The van der Waals surface area contributed by atoms with E-state index in [2.05, 4.69) is 40.1 Å². The second-order valence-electron chi connectivity index (χ2n) is 6.83. The van der Waals surface area contributed by atoms with Gasteiger partial charge in [-0.3, -0.25) is 0 Å². The highest BCUT2D eigenvalue weighted by Gasteiger charge is 2.38. The fraction of sp³-hybridized carbons (Fsp3) is 0.688. The minimum absolute atomic E-state index is 0.147. The van der Waals surface area contributed by atoms with Gasteiger partial charge in [-0.05, 0) is 37.7 Å². The fourth-order valence-electron chi connectivity index (χ4n) is 3.65. The van der Waals surface area contributed by atoms with Gasteiger partial charge in [-0.15, -0.1) is 10.2 Å². The minimum atomic E-state index is 0.147. The van der Waals surface area contributed by atoms with Crippen molar-refractivity contribution in [1.29, 1.82) is 0 Å². The van der Waals surface area contributed by atoms with Gasteiger partial charge in [-0.1, -0.05) is 13.8 Å². The molecule has 2 aliphatic rings. The van der Waals surface area contributed by atoms with E-state index in [9.17, 15) is 0 Å². The molecule has 22 heavy (non-hydrogen) atoms. The van der Waals surface area contributed by atoms with E-state index < -0.39 is 0 Å². The molecule has 0 aliphatic carbocycles. The van der Waals surface area contributed by atoms with Gasteiger partial charge < -0.3 is 9.64 Å². The molecule has 2 saturated heterocycles. The Bertz CT molecular complexity index is 664. The summed E-state index contributed by atoms with van der Waals surface area (Å²) in [5.41, 5.74) is 3.24. The lowest BCUT2D eigenvalue weighted by Crippen LogP contribution is -2.44. The van der Waals surface area contributed by atoms with Crippen LogP contribution in [0.5, 0.6) is 0 Å². The van der Waals surface area contributed by atoms with Crippen LogP contribution in [0.3, 0.4) is 0 Å². The molecule has 0 atom stereocenters. The van der Waals surface area contributed by atoms with Crippen LogP contribution >= 0.6 is 0 Å². The smallest absolute Gasteiger partial charge is 0.200 e. The SMILES string of the molecule is CC(C)c1cc(N2CCC3(CCCO3)CC2)c2nncn2n1. The summed E-state index contributed by atoms with van der Waals surface area (Å²) in [4.78, 5) is 2.42. The van der Waals surface area contributed by atoms with Crippen molar-refractivity contribution < 1.29 is 4.74 Å². The molecule has 2 aromatic heterocycles. The van der Waals surface area contributed by atoms with Gasteiger partial charge in [0.2, 0.25) is 5.65 Å². The summed E-state index contributed by atoms with van der Waals surface area (Å²) in [7, 11) is 0. The van der Waals surface area contributed by atoms with Crippen LogP contribution in [-0.2, 0) is 4.74 Å². The predicted octanol–water partition coefficient (Wildman–Crippen LogP) is 2.40. The van der Waals surface area contributed by atoms with Gasteiger partial charge >= 0.3 is 0 Å². The van der Waals surface area contributed by atoms with Crippen LogP contribution in [0.25, 0.3) is 5.65 Å². The standard InChI is InChI=1S/C16H23N5O/c1-12(2)13-10-14(15-18-17-11-21(15)19-13)20-7-5-16(6-8-20)4-3-9-22-16/h10-12H,3-9H2,1-2H3. The Morgan fingerprint density at radius 3 is 2.73 bits per heavy atom. The normalized spacial score (nSPS) is 21.3. The zero-order chi connectivity index (χ0) is 15.2. The van der Waals surface area contributed by atoms with E-state index in [1.165, 1.54) is 12.8 Å². The van der Waals surface area contributed by atoms with Crippen LogP contribution in [0.4, 0.5) is 5.69 Å². The molecular formula is C16H23N5O. The molecule has 0 bridgehead atoms. The molecule has 118 valence electrons. The number of anilines is 1. The average Bonchev–Trinajstić information content (AvgIpc) is 3.16. The van der Waals surface area contributed by atoms with Crippen LogP contribution in [0.1, 0.15) is 51.1 Å². The largest absolute Gasteiger partial charge is 0.375 e. The molecule has 0 N–H and O–H groups in total. The van der Waals surface area contributed by atoms with Gasteiger partial charge in [0.1, 0.15) is 6.33 Å². The van der Waals surface area contributed by atoms with Crippen molar-refractivity contribution in [2.24, 2.45) is 0 Å². The first-order valence-corrected chi connectivity index (χ1v) is 8.27. The van der Waals surface area contributed by atoms with Gasteiger partial charge in [0.05, 0.1) is 17.0 Å². The number of hydrogen-bond acceptors (Lipinski definition) is 5. The first-order chi connectivity index (χ1) is 10.7. The highest BCUT2D eigenvalue weighted by Crippen LogP contribution is 2.37. The van der Waals surface area contributed by atoms with Gasteiger partial charge in [-0.2, -0.15) is 9.61 Å². The van der Waals surface area contributed by atoms with Crippen LogP contribution in [0, 0.1) is 0 Å². The molecule has 2 aliphatic heterocycles. The number of nitrogens with zero attached hydrogens (tertiary/aromatic N) is 5. The van der Waals surface area contributed by atoms with Crippen molar-refractivity contribution >= 4 is 11.3 Å². The van der Waals surface area contributed by atoms with Gasteiger partial charge in [-0.25, -0.2) is 0 Å². The maximum atomic E-state index is 6.03. The second kappa shape index (κ2) is 5.19. The van der Waals surface area contributed by atoms with E-state index >= 15 is 0 Å². The lowest BCUT2D eigenvalue weighted by molar-refractivity contribution is -0.0146. The Hall–Kier alpha value is -1.69. The molecule has 0 amide bonds. The molecule has 6 nitrogen and oxygen atoms in total. The minimum Gasteiger partial charge on any atom is -0.375 e. The van der Waals surface area contributed by atoms with Gasteiger partial charge in [0.15, 0.2) is 0 Å². The van der Waals surface area contributed by atoms with Crippen LogP contribution in [0.2, 0.25) is 0 Å². The Kier molecular flexibility index (Phi) is 3.29. The summed E-state index contributed by atoms with van der Waals surface area (Å²) in [6.45, 7) is 7.30. The molecule has 4 heterocycles. The number of fused-ring (bicyclic) bond motifs is 1. The first kappa shape index (κ1) is 13.9. The molecule has 0 aromatic carbocycles. The molecule has 2 fully saturated rings. The van der Waals surface area contributed by atoms with Gasteiger partial charge in [0, 0.05) is 19.7 Å². The van der Waals surface area contributed by atoms with E-state index in [-0.39, 0.29) is 5.60 Å². The molecule has 0 saturated carbocycles. The molecule has 1 spiro atoms. The summed E-state index contributed by atoms with van der Waals surface area (Å²) in [5.74, 6) is 0.389. The maximum Gasteiger partial charge on any atom is 0.200 e. The van der Waals surface area contributed by atoms with Crippen molar-refractivity contribution in [2.75, 3.05) is 24.6 Å². The first-order valence-electron chi connectivity index (χ1n) is 8.27. The highest BCUT2D eigenvalue weighted by atomic mass is 16.5. The number of piperidine rings is 1. The summed E-state index contributed by atoms with van der Waals surface area (Å²) < 4.78 is 7.83. The Balaban J connectivity index is 1.65. The Labute approximate surface area is 130 Å². The summed E-state index contributed by atoms with van der Waals surface area (Å²) >= 11 is 0. The lowest BCUT2D eigenvalue weighted by Gasteiger charge is -2.39. The topological polar surface area (TPSA) is 55.5 Å². The molecular weight excluding hydrogens is 278 g/mol. The Morgan fingerprint density at radius 1 is 1.23 bits per heavy atom. The summed E-state index contributed by atoms with van der Waals surface area (Å²) in [5, 5.41) is 12.9. The van der Waals surface area contributed by atoms with Crippen molar-refractivity contribution in [1.82, 2.24) is 19.8 Å². The van der Waals surface area contributed by atoms with E-state index in [1.807, 2.05) is 0 Å². The van der Waals surface area contributed by atoms with Gasteiger partial charge in [0.25, 0.3) is 0 Å². The zero-order valence-electron chi connectivity index (χ0n) is 13.3. The maximum absolute atomic E-state index is 6.03. The number of hydrogen-bond donors (Lipinski definition) is 0. The molecule has 2 aromatic rings. The zero-order valence-corrected chi connectivity index (χ0v) is 13.3. The number of ether oxygens (including phenoxy) is 1. The Morgan fingerprint density at radius 2 is 2.05 bits per heavy atom. The van der Waals surface area contributed by atoms with E-state index in [0.717, 1.165) is 49.6 Å². The molecule has 0 radical (unpaired) electrons. The van der Waals surface area contributed by atoms with E-state index in [4.69, 9.17) is 4.74 Å². The van der Waals surface area contributed by atoms with Crippen LogP contribution in [0.15, 0.2) is 12.4 Å². The van der Waals surface area contributed by atoms with Crippen molar-refractivity contribution in [2.45, 2.75) is 51.0 Å². The van der Waals surface area contributed by atoms with Crippen LogP contribution in [-0.4, -0.2) is 45.1 Å². The fourth-order valence-corrected chi connectivity index (χ4v) is 3.65. The second-order valence-corrected chi connectivity index (χ2v) is 6.83. The number of aromatic nitrogens is 4. The van der Waals surface area contributed by atoms with E-state index in [0.29, 0.717) is 5.92 Å². The number of rotatable bonds is 2. The molecule has 6 heteroatoms. The van der Waals surface area contributed by atoms with Crippen molar-refractivity contribution in [3.8, 4) is 0 Å². The quantitative estimate of drug-likeness (QED) is 0.852. The molecule has 4 rings (SSSR count). The third-order valence-electron chi connectivity index (χ3n) is 5.06. The van der Waals surface area contributed by atoms with Crippen molar-refractivity contribution in [3.63, 3.8) is 0 Å². The third-order valence-corrected chi connectivity index (χ3v) is 5.06. The molecule has 0 unspecified atom stereocenters. The lowest BCUT2D eigenvalue weighted by atomic mass is 9.88.